The third kappa shape index (κ3) is 6.28. The number of benzene rings is 2. The molecular formula is C26H32FN3O5. The van der Waals surface area contributed by atoms with Crippen LogP contribution in [0.15, 0.2) is 36.4 Å². The van der Waals surface area contributed by atoms with Crippen LogP contribution in [0.4, 0.5) is 15.8 Å². The van der Waals surface area contributed by atoms with Crippen LogP contribution >= 0.6 is 0 Å². The molecule has 0 amide bonds. The van der Waals surface area contributed by atoms with Crippen LogP contribution in [-0.4, -0.2) is 61.7 Å². The number of halogens is 1. The summed E-state index contributed by atoms with van der Waals surface area (Å²) in [4.78, 5) is 28.2. The Labute approximate surface area is 204 Å². The van der Waals surface area contributed by atoms with Gasteiger partial charge in [0.15, 0.2) is 11.9 Å². The Morgan fingerprint density at radius 3 is 2.37 bits per heavy atom. The molecule has 1 aliphatic heterocycles. The average Bonchev–Trinajstić information content (AvgIpc) is 2.88. The van der Waals surface area contributed by atoms with Crippen LogP contribution < -0.4 is 9.64 Å². The Kier molecular flexibility index (Phi) is 8.17. The number of esters is 1. The van der Waals surface area contributed by atoms with Crippen LogP contribution in [-0.2, 0) is 22.4 Å². The molecule has 0 saturated carbocycles. The summed E-state index contributed by atoms with van der Waals surface area (Å²) in [6.45, 7) is 4.17. The third-order valence-electron chi connectivity index (χ3n) is 6.86. The Balaban J connectivity index is 1.33. The van der Waals surface area contributed by atoms with Crippen molar-refractivity contribution < 1.29 is 23.6 Å². The standard InChI is InChI=1S/C26H32FN3O5/c1-34-26(31)24(35-25-18-20-6-3-2-5-19(20)17-23(25)30(32)33)7-4-12-28-13-15-29(16-14-28)22-10-8-21(27)9-11-22/h8-11,17-18,24H,2-7,12-16H2,1H3. The van der Waals surface area contributed by atoms with Gasteiger partial charge in [-0.05, 0) is 86.5 Å². The van der Waals surface area contributed by atoms with Crippen molar-refractivity contribution in [2.24, 2.45) is 0 Å². The first-order valence-corrected chi connectivity index (χ1v) is 12.2. The first-order valence-electron chi connectivity index (χ1n) is 12.2. The van der Waals surface area contributed by atoms with Crippen LogP contribution in [0.1, 0.15) is 36.8 Å². The Morgan fingerprint density at radius 1 is 1.09 bits per heavy atom. The number of nitrogens with zero attached hydrogens (tertiary/aromatic N) is 3. The van der Waals surface area contributed by atoms with E-state index in [2.05, 4.69) is 9.80 Å². The second kappa shape index (κ2) is 11.5. The summed E-state index contributed by atoms with van der Waals surface area (Å²) in [7, 11) is 1.30. The van der Waals surface area contributed by atoms with E-state index in [4.69, 9.17) is 9.47 Å². The van der Waals surface area contributed by atoms with Crippen LogP contribution in [0, 0.1) is 15.9 Å². The number of carbonyl (C=O) groups is 1. The van der Waals surface area contributed by atoms with E-state index in [1.165, 1.54) is 19.2 Å². The Bertz CT molecular complexity index is 1040. The molecule has 0 bridgehead atoms. The maximum absolute atomic E-state index is 13.2. The van der Waals surface area contributed by atoms with Gasteiger partial charge in [0.25, 0.3) is 0 Å². The number of carbonyl (C=O) groups excluding carboxylic acids is 1. The monoisotopic (exact) mass is 485 g/mol. The molecule has 2 aromatic rings. The van der Waals surface area contributed by atoms with Gasteiger partial charge in [0.05, 0.1) is 12.0 Å². The minimum atomic E-state index is -0.902. The van der Waals surface area contributed by atoms with Gasteiger partial charge in [-0.2, -0.15) is 0 Å². The quantitative estimate of drug-likeness (QED) is 0.300. The van der Waals surface area contributed by atoms with E-state index in [0.29, 0.717) is 12.8 Å². The van der Waals surface area contributed by atoms with Gasteiger partial charge in [0.2, 0.25) is 0 Å². The molecule has 188 valence electrons. The predicted octanol–water partition coefficient (Wildman–Crippen LogP) is 4.14. The Morgan fingerprint density at radius 2 is 1.74 bits per heavy atom. The lowest BCUT2D eigenvalue weighted by atomic mass is 9.91. The molecule has 2 aliphatic rings. The summed E-state index contributed by atoms with van der Waals surface area (Å²) in [6.07, 6.45) is 3.93. The topological polar surface area (TPSA) is 85.2 Å². The molecule has 0 spiro atoms. The van der Waals surface area contributed by atoms with Gasteiger partial charge in [-0.15, -0.1) is 0 Å². The number of hydrogen-bond acceptors (Lipinski definition) is 7. The van der Waals surface area contributed by atoms with Crippen LogP contribution in [0.5, 0.6) is 5.75 Å². The maximum Gasteiger partial charge on any atom is 0.347 e. The van der Waals surface area contributed by atoms with Gasteiger partial charge in [0.1, 0.15) is 5.82 Å². The molecule has 1 unspecified atom stereocenters. The number of nitro benzene ring substituents is 1. The molecule has 1 saturated heterocycles. The van der Waals surface area contributed by atoms with Gasteiger partial charge in [-0.25, -0.2) is 9.18 Å². The molecule has 1 atom stereocenters. The lowest BCUT2D eigenvalue weighted by Crippen LogP contribution is -2.46. The van der Waals surface area contributed by atoms with Crippen molar-refractivity contribution in [3.05, 3.63) is 63.5 Å². The normalized spacial score (nSPS) is 16.9. The molecule has 0 radical (unpaired) electrons. The van der Waals surface area contributed by atoms with Crippen molar-refractivity contribution in [1.29, 1.82) is 0 Å². The number of hydrogen-bond donors (Lipinski definition) is 0. The van der Waals surface area contributed by atoms with Gasteiger partial charge >= 0.3 is 11.7 Å². The number of ether oxygens (including phenoxy) is 2. The average molecular weight is 486 g/mol. The summed E-state index contributed by atoms with van der Waals surface area (Å²) in [5, 5.41) is 11.7. The van der Waals surface area contributed by atoms with Crippen molar-refractivity contribution in [3.8, 4) is 5.75 Å². The second-order valence-electron chi connectivity index (χ2n) is 9.13. The minimum Gasteiger partial charge on any atom is -0.472 e. The highest BCUT2D eigenvalue weighted by molar-refractivity contribution is 5.75. The van der Waals surface area contributed by atoms with Crippen LogP contribution in [0.2, 0.25) is 0 Å². The van der Waals surface area contributed by atoms with E-state index in [9.17, 15) is 19.3 Å². The fraction of sp³-hybridized carbons (Fsp3) is 0.500. The SMILES string of the molecule is COC(=O)C(CCCN1CCN(c2ccc(F)cc2)CC1)Oc1cc2c(cc1[N+](=O)[O-])CCCC2. The zero-order chi connectivity index (χ0) is 24.8. The summed E-state index contributed by atoms with van der Waals surface area (Å²) in [5.41, 5.74) is 2.96. The summed E-state index contributed by atoms with van der Waals surface area (Å²) in [6, 6.07) is 9.87. The molecule has 1 fully saturated rings. The highest BCUT2D eigenvalue weighted by Crippen LogP contribution is 2.35. The van der Waals surface area contributed by atoms with E-state index in [1.807, 2.05) is 0 Å². The zero-order valence-corrected chi connectivity index (χ0v) is 20.1. The van der Waals surface area contributed by atoms with E-state index < -0.39 is 17.0 Å². The summed E-state index contributed by atoms with van der Waals surface area (Å²) in [5.74, 6) is -0.632. The second-order valence-corrected chi connectivity index (χ2v) is 9.13. The predicted molar refractivity (Wildman–Crippen MR) is 130 cm³/mol. The van der Waals surface area contributed by atoms with E-state index in [1.54, 1.807) is 24.3 Å². The molecule has 4 rings (SSSR count). The minimum absolute atomic E-state index is 0.100. The van der Waals surface area contributed by atoms with E-state index in [-0.39, 0.29) is 17.3 Å². The summed E-state index contributed by atoms with van der Waals surface area (Å²) < 4.78 is 24.0. The Hall–Kier alpha value is -3.20. The third-order valence-corrected chi connectivity index (χ3v) is 6.86. The van der Waals surface area contributed by atoms with Crippen molar-refractivity contribution in [2.75, 3.05) is 44.7 Å². The van der Waals surface area contributed by atoms with Gasteiger partial charge < -0.3 is 14.4 Å². The van der Waals surface area contributed by atoms with Crippen molar-refractivity contribution in [3.63, 3.8) is 0 Å². The molecule has 0 aromatic heterocycles. The molecule has 0 N–H and O–H groups in total. The maximum atomic E-state index is 13.2. The number of rotatable bonds is 9. The van der Waals surface area contributed by atoms with Crippen molar-refractivity contribution in [1.82, 2.24) is 4.90 Å². The zero-order valence-electron chi connectivity index (χ0n) is 20.1. The van der Waals surface area contributed by atoms with Gasteiger partial charge in [-0.1, -0.05) is 0 Å². The lowest BCUT2D eigenvalue weighted by Gasteiger charge is -2.36. The summed E-state index contributed by atoms with van der Waals surface area (Å²) >= 11 is 0. The van der Waals surface area contributed by atoms with Gasteiger partial charge in [0, 0.05) is 37.9 Å². The van der Waals surface area contributed by atoms with E-state index >= 15 is 0 Å². The molecule has 2 aromatic carbocycles. The number of anilines is 1. The lowest BCUT2D eigenvalue weighted by molar-refractivity contribution is -0.386. The molecule has 9 heteroatoms. The number of methoxy groups -OCH3 is 1. The van der Waals surface area contributed by atoms with Crippen molar-refractivity contribution >= 4 is 17.3 Å². The molecular weight excluding hydrogens is 453 g/mol. The number of fused-ring (bicyclic) bond motifs is 1. The molecule has 35 heavy (non-hydrogen) atoms. The fourth-order valence-electron chi connectivity index (χ4n) is 4.88. The first-order chi connectivity index (χ1) is 16.9. The first kappa shape index (κ1) is 24.9. The smallest absolute Gasteiger partial charge is 0.347 e. The number of nitro groups is 1. The van der Waals surface area contributed by atoms with Crippen molar-refractivity contribution in [2.45, 2.75) is 44.6 Å². The number of piperazine rings is 1. The van der Waals surface area contributed by atoms with Crippen LogP contribution in [0.25, 0.3) is 0 Å². The highest BCUT2D eigenvalue weighted by atomic mass is 19.1. The fourth-order valence-corrected chi connectivity index (χ4v) is 4.88. The molecule has 1 aliphatic carbocycles. The highest BCUT2D eigenvalue weighted by Gasteiger charge is 2.28. The van der Waals surface area contributed by atoms with Gasteiger partial charge in [-0.3, -0.25) is 15.0 Å². The number of aryl methyl sites for hydroxylation is 2. The largest absolute Gasteiger partial charge is 0.472 e. The molecule has 8 nitrogen and oxygen atoms in total. The molecule has 1 heterocycles. The van der Waals surface area contributed by atoms with E-state index in [0.717, 1.165) is 75.2 Å². The van der Waals surface area contributed by atoms with Crippen LogP contribution in [0.3, 0.4) is 0 Å².